The van der Waals surface area contributed by atoms with Gasteiger partial charge in [-0.2, -0.15) is 0 Å². The molecule has 0 radical (unpaired) electrons. The van der Waals surface area contributed by atoms with E-state index in [1.165, 1.54) is 4.90 Å². The Morgan fingerprint density at radius 3 is 2.18 bits per heavy atom. The van der Waals surface area contributed by atoms with E-state index in [2.05, 4.69) is 0 Å². The van der Waals surface area contributed by atoms with Crippen molar-refractivity contribution in [3.63, 3.8) is 0 Å². The number of rotatable bonds is 5. The summed E-state index contributed by atoms with van der Waals surface area (Å²) in [5.41, 5.74) is 1.40. The van der Waals surface area contributed by atoms with Gasteiger partial charge in [-0.05, 0) is 29.8 Å². The monoisotopic (exact) mass is 400 g/mol. The van der Waals surface area contributed by atoms with E-state index in [1.807, 2.05) is 30.3 Å². The number of fused-ring (bicyclic) bond motifs is 1. The van der Waals surface area contributed by atoms with Crippen LogP contribution in [0.1, 0.15) is 10.9 Å². The Hall–Kier alpha value is -2.87. The molecule has 2 heterocycles. The molecule has 0 spiro atoms. The highest BCUT2D eigenvalue weighted by Gasteiger charge is 2.53. The first-order valence-corrected chi connectivity index (χ1v) is 9.78. The molecule has 2 aromatic rings. The lowest BCUT2D eigenvalue weighted by molar-refractivity contribution is -0.119. The summed E-state index contributed by atoms with van der Waals surface area (Å²) in [6.45, 7) is 0. The molecule has 0 unspecified atom stereocenters. The molecule has 2 aliphatic heterocycles. The Bertz CT molecular complexity index is 895. The Kier molecular flexibility index (Phi) is 4.80. The fraction of sp³-hybridized carbons (Fsp3) is 0.300. The van der Waals surface area contributed by atoms with E-state index in [-0.39, 0.29) is 17.3 Å². The van der Waals surface area contributed by atoms with Crippen LogP contribution in [0.5, 0.6) is 17.2 Å². The summed E-state index contributed by atoms with van der Waals surface area (Å²) in [7, 11) is 4.64. The van der Waals surface area contributed by atoms with Gasteiger partial charge in [0.1, 0.15) is 11.4 Å². The molecule has 0 saturated carbocycles. The van der Waals surface area contributed by atoms with E-state index < -0.39 is 6.04 Å². The molecule has 2 atom stereocenters. The summed E-state index contributed by atoms with van der Waals surface area (Å²) in [4.78, 5) is 28.9. The Morgan fingerprint density at radius 2 is 1.61 bits per heavy atom. The third-order valence-corrected chi connectivity index (χ3v) is 6.23. The fourth-order valence-corrected chi connectivity index (χ4v) is 5.00. The van der Waals surface area contributed by atoms with Crippen molar-refractivity contribution in [2.45, 2.75) is 11.4 Å². The van der Waals surface area contributed by atoms with Gasteiger partial charge >= 0.3 is 6.03 Å². The van der Waals surface area contributed by atoms with Crippen LogP contribution < -0.4 is 19.1 Å². The second kappa shape index (κ2) is 7.27. The Morgan fingerprint density at radius 1 is 0.964 bits per heavy atom. The second-order valence-corrected chi connectivity index (χ2v) is 7.47. The normalized spacial score (nSPS) is 21.1. The highest BCUT2D eigenvalue weighted by molar-refractivity contribution is 7.99. The third kappa shape index (κ3) is 2.75. The van der Waals surface area contributed by atoms with Crippen LogP contribution in [0.2, 0.25) is 0 Å². The lowest BCUT2D eigenvalue weighted by Crippen LogP contribution is -2.33. The van der Waals surface area contributed by atoms with Crippen LogP contribution in [0.25, 0.3) is 0 Å². The van der Waals surface area contributed by atoms with Crippen molar-refractivity contribution >= 4 is 29.4 Å². The highest BCUT2D eigenvalue weighted by Crippen LogP contribution is 2.49. The van der Waals surface area contributed by atoms with Crippen molar-refractivity contribution in [3.8, 4) is 17.2 Å². The SMILES string of the molecule is COc1cc([C@@H]2SC[C@@H]3C(=O)N(c4ccccc4)C(=O)N32)cc(OC)c1OC. The van der Waals surface area contributed by atoms with Crippen LogP contribution in [-0.2, 0) is 4.79 Å². The minimum absolute atomic E-state index is 0.196. The number of benzene rings is 2. The van der Waals surface area contributed by atoms with Gasteiger partial charge in [-0.25, -0.2) is 9.69 Å². The molecule has 8 heteroatoms. The van der Waals surface area contributed by atoms with Gasteiger partial charge in [-0.3, -0.25) is 9.69 Å². The maximum absolute atomic E-state index is 13.1. The molecular weight excluding hydrogens is 380 g/mol. The Balaban J connectivity index is 1.72. The number of amides is 3. The summed E-state index contributed by atoms with van der Waals surface area (Å²) in [5.74, 6) is 1.86. The Labute approximate surface area is 167 Å². The number of imide groups is 1. The number of urea groups is 1. The zero-order valence-electron chi connectivity index (χ0n) is 15.7. The maximum atomic E-state index is 13.1. The molecule has 0 N–H and O–H groups in total. The molecule has 28 heavy (non-hydrogen) atoms. The minimum atomic E-state index is -0.484. The molecule has 2 fully saturated rings. The largest absolute Gasteiger partial charge is 0.493 e. The number of nitrogens with zero attached hydrogens (tertiary/aromatic N) is 2. The quantitative estimate of drug-likeness (QED) is 0.718. The van der Waals surface area contributed by atoms with Crippen LogP contribution in [0.4, 0.5) is 10.5 Å². The molecule has 0 aromatic heterocycles. The number of hydrogen-bond acceptors (Lipinski definition) is 6. The number of ether oxygens (including phenoxy) is 3. The number of para-hydroxylation sites is 1. The summed E-state index contributed by atoms with van der Waals surface area (Å²) >= 11 is 1.55. The molecular formula is C20H20N2O5S. The molecule has 2 aliphatic rings. The van der Waals surface area contributed by atoms with Crippen LogP contribution in [-0.4, -0.2) is 50.0 Å². The van der Waals surface area contributed by atoms with Gasteiger partial charge in [-0.1, -0.05) is 18.2 Å². The average molecular weight is 400 g/mol. The van der Waals surface area contributed by atoms with E-state index in [0.717, 1.165) is 5.56 Å². The predicted octanol–water partition coefficient (Wildman–Crippen LogP) is 3.30. The number of methoxy groups -OCH3 is 3. The van der Waals surface area contributed by atoms with Crippen molar-refractivity contribution in [1.29, 1.82) is 0 Å². The first kappa shape index (κ1) is 18.5. The van der Waals surface area contributed by atoms with Crippen molar-refractivity contribution in [3.05, 3.63) is 48.0 Å². The minimum Gasteiger partial charge on any atom is -0.493 e. The topological polar surface area (TPSA) is 68.3 Å². The standard InChI is InChI=1S/C20H20N2O5S/c1-25-15-9-12(10-16(26-2)17(15)27-3)19-22-14(11-28-19)18(23)21(20(22)24)13-7-5-4-6-8-13/h4-10,14,19H,11H2,1-3H3/t14-,19+/m1/s1. The van der Waals surface area contributed by atoms with E-state index in [4.69, 9.17) is 14.2 Å². The van der Waals surface area contributed by atoms with Gasteiger partial charge in [0.05, 0.1) is 27.0 Å². The summed E-state index contributed by atoms with van der Waals surface area (Å²) in [6, 6.07) is 11.8. The average Bonchev–Trinajstić information content (AvgIpc) is 3.27. The first-order valence-electron chi connectivity index (χ1n) is 8.73. The maximum Gasteiger partial charge on any atom is 0.333 e. The van der Waals surface area contributed by atoms with Crippen molar-refractivity contribution < 1.29 is 23.8 Å². The van der Waals surface area contributed by atoms with Crippen LogP contribution in [0, 0.1) is 0 Å². The van der Waals surface area contributed by atoms with Gasteiger partial charge in [0.15, 0.2) is 11.5 Å². The van der Waals surface area contributed by atoms with Crippen molar-refractivity contribution in [2.24, 2.45) is 0 Å². The van der Waals surface area contributed by atoms with Crippen LogP contribution in [0.3, 0.4) is 0 Å². The number of carbonyl (C=O) groups is 2. The van der Waals surface area contributed by atoms with E-state index in [0.29, 0.717) is 28.7 Å². The van der Waals surface area contributed by atoms with Gasteiger partial charge in [-0.15, -0.1) is 11.8 Å². The van der Waals surface area contributed by atoms with Gasteiger partial charge in [0.2, 0.25) is 5.75 Å². The molecule has 4 rings (SSSR count). The smallest absolute Gasteiger partial charge is 0.333 e. The van der Waals surface area contributed by atoms with E-state index >= 15 is 0 Å². The van der Waals surface area contributed by atoms with Crippen molar-refractivity contribution in [1.82, 2.24) is 4.90 Å². The van der Waals surface area contributed by atoms with E-state index in [1.54, 1.807) is 50.1 Å². The zero-order valence-corrected chi connectivity index (χ0v) is 16.6. The molecule has 7 nitrogen and oxygen atoms in total. The van der Waals surface area contributed by atoms with Gasteiger partial charge < -0.3 is 14.2 Å². The lowest BCUT2D eigenvalue weighted by Gasteiger charge is -2.24. The molecule has 0 bridgehead atoms. The predicted molar refractivity (Wildman–Crippen MR) is 106 cm³/mol. The van der Waals surface area contributed by atoms with Gasteiger partial charge in [0, 0.05) is 5.75 Å². The lowest BCUT2D eigenvalue weighted by atomic mass is 10.1. The zero-order chi connectivity index (χ0) is 19.8. The molecule has 146 valence electrons. The third-order valence-electron chi connectivity index (χ3n) is 4.90. The number of hydrogen-bond donors (Lipinski definition) is 0. The molecule has 2 saturated heterocycles. The van der Waals surface area contributed by atoms with Crippen molar-refractivity contribution in [2.75, 3.05) is 32.0 Å². The van der Waals surface area contributed by atoms with Crippen LogP contribution >= 0.6 is 11.8 Å². The van der Waals surface area contributed by atoms with E-state index in [9.17, 15) is 9.59 Å². The number of thioether (sulfide) groups is 1. The van der Waals surface area contributed by atoms with Crippen LogP contribution in [0.15, 0.2) is 42.5 Å². The molecule has 0 aliphatic carbocycles. The number of carbonyl (C=O) groups excluding carboxylic acids is 2. The summed E-state index contributed by atoms with van der Waals surface area (Å²) in [6.07, 6.45) is 0. The summed E-state index contributed by atoms with van der Waals surface area (Å²) < 4.78 is 16.2. The second-order valence-electron chi connectivity index (χ2n) is 6.36. The fourth-order valence-electron chi connectivity index (χ4n) is 3.60. The molecule has 3 amide bonds. The highest BCUT2D eigenvalue weighted by atomic mass is 32.2. The summed E-state index contributed by atoms with van der Waals surface area (Å²) in [5, 5.41) is -0.316. The first-order chi connectivity index (χ1) is 13.6. The molecule has 2 aromatic carbocycles. The van der Waals surface area contributed by atoms with Gasteiger partial charge in [0.25, 0.3) is 5.91 Å². The number of anilines is 1.